The number of hydrogen-bond acceptors (Lipinski definition) is 5. The number of likely N-dealkylation sites (N-methyl/N-ethyl adjacent to an activating group) is 1. The number of esters is 1. The van der Waals surface area contributed by atoms with Crippen LogP contribution >= 0.6 is 0 Å². The van der Waals surface area contributed by atoms with Gasteiger partial charge in [0.2, 0.25) is 16.1 Å². The first-order valence-electron chi connectivity index (χ1n) is 10.4. The van der Waals surface area contributed by atoms with Gasteiger partial charge in [0.15, 0.2) is 0 Å². The van der Waals surface area contributed by atoms with Crippen LogP contribution in [-0.4, -0.2) is 45.8 Å². The number of nitrogens with one attached hydrogen (secondary N) is 1. The maximum Gasteiger partial charge on any atom is 0.308 e. The molecule has 0 radical (unpaired) electrons. The summed E-state index contributed by atoms with van der Waals surface area (Å²) in [6.07, 6.45) is -1.28. The molecule has 174 valence electrons. The van der Waals surface area contributed by atoms with Gasteiger partial charge in [0.25, 0.3) is 5.91 Å². The van der Waals surface area contributed by atoms with Crippen LogP contribution in [0.15, 0.2) is 35.2 Å². The quantitative estimate of drug-likeness (QED) is 0.611. The lowest BCUT2D eigenvalue weighted by atomic mass is 9.95. The third kappa shape index (κ3) is 5.55. The first kappa shape index (κ1) is 25.5. The van der Waals surface area contributed by atoms with E-state index in [9.17, 15) is 18.0 Å². The predicted octanol–water partition coefficient (Wildman–Crippen LogP) is 3.27. The van der Waals surface area contributed by atoms with Gasteiger partial charge in [0.1, 0.15) is 0 Å². The molecule has 0 aliphatic rings. The van der Waals surface area contributed by atoms with Crippen molar-refractivity contribution >= 4 is 21.9 Å². The summed E-state index contributed by atoms with van der Waals surface area (Å²) < 4.78 is 33.9. The van der Waals surface area contributed by atoms with E-state index in [1.807, 2.05) is 20.8 Å². The number of benzene rings is 2. The van der Waals surface area contributed by atoms with E-state index >= 15 is 0 Å². The Balaban J connectivity index is 2.13. The van der Waals surface area contributed by atoms with Gasteiger partial charge in [-0.2, -0.15) is 0 Å². The Labute approximate surface area is 190 Å². The molecule has 0 bridgehead atoms. The van der Waals surface area contributed by atoms with Crippen LogP contribution in [0.5, 0.6) is 0 Å². The average molecular weight is 461 g/mol. The number of carbonyl (C=O) groups excluding carboxylic acids is 2. The van der Waals surface area contributed by atoms with E-state index < -0.39 is 22.1 Å². The summed E-state index contributed by atoms with van der Waals surface area (Å²) in [7, 11) is -0.663. The van der Waals surface area contributed by atoms with Crippen LogP contribution in [0.25, 0.3) is 0 Å². The fraction of sp³-hybridized carbons (Fsp3) is 0.417. The molecule has 2 rings (SSSR count). The molecule has 0 heterocycles. The molecule has 0 saturated carbocycles. The predicted molar refractivity (Wildman–Crippen MR) is 124 cm³/mol. The highest BCUT2D eigenvalue weighted by molar-refractivity contribution is 7.89. The molecule has 0 saturated heterocycles. The smallest absolute Gasteiger partial charge is 0.308 e. The van der Waals surface area contributed by atoms with Crippen molar-refractivity contribution in [3.05, 3.63) is 63.7 Å². The normalized spacial score (nSPS) is 12.3. The Kier molecular flexibility index (Phi) is 8.20. The van der Waals surface area contributed by atoms with E-state index in [1.165, 1.54) is 4.90 Å². The lowest BCUT2D eigenvalue weighted by molar-refractivity contribution is -0.159. The van der Waals surface area contributed by atoms with Crippen LogP contribution in [0.2, 0.25) is 0 Å². The van der Waals surface area contributed by atoms with Crippen molar-refractivity contribution in [1.29, 1.82) is 0 Å². The third-order valence-corrected chi connectivity index (χ3v) is 7.57. The fourth-order valence-electron chi connectivity index (χ4n) is 3.54. The highest BCUT2D eigenvalue weighted by Gasteiger charge is 2.27. The van der Waals surface area contributed by atoms with Crippen LogP contribution in [0, 0.1) is 34.6 Å². The van der Waals surface area contributed by atoms with E-state index in [0.717, 1.165) is 16.7 Å². The van der Waals surface area contributed by atoms with Crippen LogP contribution in [-0.2, 0) is 24.3 Å². The number of rotatable bonds is 8. The lowest BCUT2D eigenvalue weighted by Gasteiger charge is -2.21. The molecule has 1 atom stereocenters. The van der Waals surface area contributed by atoms with Gasteiger partial charge < -0.3 is 9.64 Å². The van der Waals surface area contributed by atoms with Crippen molar-refractivity contribution in [3.8, 4) is 0 Å². The average Bonchev–Trinajstić information content (AvgIpc) is 2.74. The largest absolute Gasteiger partial charge is 0.447 e. The molecule has 0 aliphatic carbocycles. The first-order valence-corrected chi connectivity index (χ1v) is 11.9. The SMILES string of the molecule is Cc1c(C)c(C)c(S(=O)(=O)NCCC(=O)OC(C(=O)N(C)C)c2ccccc2)c(C)c1C. The van der Waals surface area contributed by atoms with E-state index in [1.54, 1.807) is 58.3 Å². The minimum Gasteiger partial charge on any atom is -0.447 e. The molecule has 2 aromatic rings. The molecule has 7 nitrogen and oxygen atoms in total. The molecule has 0 spiro atoms. The molecule has 0 aliphatic heterocycles. The summed E-state index contributed by atoms with van der Waals surface area (Å²) >= 11 is 0. The van der Waals surface area contributed by atoms with Crippen molar-refractivity contribution in [1.82, 2.24) is 9.62 Å². The van der Waals surface area contributed by atoms with Crippen LogP contribution in [0.1, 0.15) is 45.9 Å². The molecule has 8 heteroatoms. The molecule has 1 N–H and O–H groups in total. The molecule has 0 aromatic heterocycles. The highest BCUT2D eigenvalue weighted by atomic mass is 32.2. The van der Waals surface area contributed by atoms with Gasteiger partial charge in [-0.1, -0.05) is 30.3 Å². The van der Waals surface area contributed by atoms with Gasteiger partial charge in [-0.15, -0.1) is 0 Å². The third-order valence-electron chi connectivity index (χ3n) is 5.84. The molecule has 0 fully saturated rings. The van der Waals surface area contributed by atoms with Crippen LogP contribution < -0.4 is 4.72 Å². The Morgan fingerprint density at radius 1 is 0.906 bits per heavy atom. The summed E-state index contributed by atoms with van der Waals surface area (Å²) in [5.74, 6) is -1.04. The molecule has 1 amide bonds. The Bertz CT molecular complexity index is 1080. The zero-order valence-electron chi connectivity index (χ0n) is 19.8. The summed E-state index contributed by atoms with van der Waals surface area (Å²) in [6, 6.07) is 8.72. The van der Waals surface area contributed by atoms with Gasteiger partial charge in [-0.05, 0) is 62.4 Å². The Morgan fingerprint density at radius 2 is 1.41 bits per heavy atom. The highest BCUT2D eigenvalue weighted by Crippen LogP contribution is 2.29. The standard InChI is InChI=1S/C24H32N2O5S/c1-15-16(2)18(4)23(19(5)17(15)3)32(29,30)25-14-13-21(27)31-22(24(28)26(6)7)20-11-9-8-10-12-20/h8-12,22,25H,13-14H2,1-7H3. The van der Waals surface area contributed by atoms with Crippen LogP contribution in [0.4, 0.5) is 0 Å². The van der Waals surface area contributed by atoms with Crippen molar-refractivity contribution in [2.45, 2.75) is 52.0 Å². The monoisotopic (exact) mass is 460 g/mol. The van der Waals surface area contributed by atoms with Crippen molar-refractivity contribution < 1.29 is 22.7 Å². The number of hydrogen-bond donors (Lipinski definition) is 1. The van der Waals surface area contributed by atoms with Gasteiger partial charge in [-0.3, -0.25) is 9.59 Å². The summed E-state index contributed by atoms with van der Waals surface area (Å²) in [6.45, 7) is 9.22. The number of ether oxygens (including phenoxy) is 1. The zero-order valence-corrected chi connectivity index (χ0v) is 20.6. The van der Waals surface area contributed by atoms with Gasteiger partial charge in [0, 0.05) is 26.2 Å². The summed E-state index contributed by atoms with van der Waals surface area (Å²) in [5, 5.41) is 0. The topological polar surface area (TPSA) is 92.8 Å². The van der Waals surface area contributed by atoms with E-state index in [4.69, 9.17) is 4.74 Å². The fourth-order valence-corrected chi connectivity index (χ4v) is 5.17. The van der Waals surface area contributed by atoms with Crippen LogP contribution in [0.3, 0.4) is 0 Å². The number of carbonyl (C=O) groups is 2. The Morgan fingerprint density at radius 3 is 1.91 bits per heavy atom. The first-order chi connectivity index (χ1) is 14.9. The lowest BCUT2D eigenvalue weighted by Crippen LogP contribution is -2.32. The minimum absolute atomic E-state index is 0.135. The van der Waals surface area contributed by atoms with E-state index in [-0.39, 0.29) is 23.8 Å². The van der Waals surface area contributed by atoms with Crippen molar-refractivity contribution in [3.63, 3.8) is 0 Å². The molecule has 1 unspecified atom stereocenters. The summed E-state index contributed by atoms with van der Waals surface area (Å²) in [5.41, 5.74) is 4.88. The molecule has 2 aromatic carbocycles. The Hall–Kier alpha value is -2.71. The molecular weight excluding hydrogens is 428 g/mol. The maximum atomic E-state index is 13.0. The zero-order chi connectivity index (χ0) is 24.2. The second-order valence-electron chi connectivity index (χ2n) is 8.12. The molecular formula is C24H32N2O5S. The van der Waals surface area contributed by atoms with Crippen molar-refractivity contribution in [2.75, 3.05) is 20.6 Å². The van der Waals surface area contributed by atoms with Gasteiger partial charge >= 0.3 is 5.97 Å². The second kappa shape index (κ2) is 10.3. The second-order valence-corrected chi connectivity index (χ2v) is 9.82. The van der Waals surface area contributed by atoms with Gasteiger partial charge in [-0.25, -0.2) is 13.1 Å². The minimum atomic E-state index is -3.82. The summed E-state index contributed by atoms with van der Waals surface area (Å²) in [4.78, 5) is 26.5. The van der Waals surface area contributed by atoms with E-state index in [0.29, 0.717) is 16.7 Å². The number of nitrogens with zero attached hydrogens (tertiary/aromatic N) is 1. The number of sulfonamides is 1. The van der Waals surface area contributed by atoms with Gasteiger partial charge in [0.05, 0.1) is 11.3 Å². The van der Waals surface area contributed by atoms with Crippen molar-refractivity contribution in [2.24, 2.45) is 0 Å². The maximum absolute atomic E-state index is 13.0. The molecule has 32 heavy (non-hydrogen) atoms. The van der Waals surface area contributed by atoms with E-state index in [2.05, 4.69) is 4.72 Å². The number of amides is 1.